The van der Waals surface area contributed by atoms with E-state index in [4.69, 9.17) is 46.4 Å². The minimum Gasteiger partial charge on any atom is -0.465 e. The van der Waals surface area contributed by atoms with E-state index < -0.39 is 5.97 Å². The average molecular weight is 351 g/mol. The van der Waals surface area contributed by atoms with Crippen LogP contribution in [0.5, 0.6) is 0 Å². The summed E-state index contributed by atoms with van der Waals surface area (Å²) in [5, 5.41) is 1.23. The van der Waals surface area contributed by atoms with Crippen molar-refractivity contribution in [1.82, 2.24) is 4.98 Å². The molecule has 2 aromatic rings. The number of benzene rings is 1. The summed E-state index contributed by atoms with van der Waals surface area (Å²) in [5.74, 6) is -0.527. The van der Waals surface area contributed by atoms with Crippen LogP contribution in [0.15, 0.2) is 24.4 Å². The number of hydrogen-bond donors (Lipinski definition) is 0. The number of halogens is 4. The number of hydrogen-bond acceptors (Lipinski definition) is 3. The zero-order chi connectivity index (χ0) is 14.9. The first-order chi connectivity index (χ1) is 9.43. The number of ether oxygens (including phenoxy) is 1. The minimum absolute atomic E-state index is 0.241. The maximum atomic E-state index is 11.4. The molecule has 1 aromatic heterocycles. The molecular weight excluding hydrogens is 344 g/mol. The molecule has 0 radical (unpaired) electrons. The lowest BCUT2D eigenvalue weighted by Crippen LogP contribution is -2.02. The third kappa shape index (κ3) is 3.01. The van der Waals surface area contributed by atoms with E-state index in [-0.39, 0.29) is 15.6 Å². The average Bonchev–Trinajstić information content (AvgIpc) is 2.42. The van der Waals surface area contributed by atoms with Crippen molar-refractivity contribution < 1.29 is 9.53 Å². The molecule has 0 spiro atoms. The molecule has 0 bridgehead atoms. The largest absolute Gasteiger partial charge is 0.465 e. The van der Waals surface area contributed by atoms with E-state index in [9.17, 15) is 4.79 Å². The third-order valence-corrected chi connectivity index (χ3v) is 3.82. The second kappa shape index (κ2) is 6.19. The van der Waals surface area contributed by atoms with E-state index in [0.29, 0.717) is 21.3 Å². The Kier molecular flexibility index (Phi) is 4.76. The molecule has 7 heteroatoms. The first-order valence-corrected chi connectivity index (χ1v) is 6.84. The van der Waals surface area contributed by atoms with Gasteiger partial charge in [0.1, 0.15) is 0 Å². The number of aromatic nitrogens is 1. The van der Waals surface area contributed by atoms with Gasteiger partial charge in [0.15, 0.2) is 0 Å². The topological polar surface area (TPSA) is 39.2 Å². The van der Waals surface area contributed by atoms with E-state index in [1.165, 1.54) is 25.4 Å². The molecule has 1 heterocycles. The summed E-state index contributed by atoms with van der Waals surface area (Å²) in [6.45, 7) is 0. The standard InChI is InChI=1S/C13H7Cl4NO2/c1-20-13(19)6-2-10(16)12(18-5-6)8-3-7(14)4-9(15)11(8)17/h2-5H,1H3. The maximum absolute atomic E-state index is 11.4. The summed E-state index contributed by atoms with van der Waals surface area (Å²) < 4.78 is 4.59. The Morgan fingerprint density at radius 2 is 1.80 bits per heavy atom. The van der Waals surface area contributed by atoms with Crippen LogP contribution in [0.25, 0.3) is 11.3 Å². The summed E-state index contributed by atoms with van der Waals surface area (Å²) in [5.41, 5.74) is 1.12. The second-order valence-corrected chi connectivity index (χ2v) is 5.42. The van der Waals surface area contributed by atoms with Gasteiger partial charge >= 0.3 is 5.97 Å². The molecule has 20 heavy (non-hydrogen) atoms. The number of carbonyl (C=O) groups is 1. The lowest BCUT2D eigenvalue weighted by Gasteiger charge is -2.09. The molecule has 0 atom stereocenters. The first-order valence-electron chi connectivity index (χ1n) is 5.32. The van der Waals surface area contributed by atoms with Gasteiger partial charge in [-0.3, -0.25) is 4.98 Å². The maximum Gasteiger partial charge on any atom is 0.339 e. The molecule has 104 valence electrons. The predicted molar refractivity (Wildman–Crippen MR) is 81.1 cm³/mol. The third-order valence-electron chi connectivity index (χ3n) is 2.51. The van der Waals surface area contributed by atoms with Gasteiger partial charge < -0.3 is 4.74 Å². The van der Waals surface area contributed by atoms with Gasteiger partial charge in [0.05, 0.1) is 33.4 Å². The zero-order valence-corrected chi connectivity index (χ0v) is 13.1. The minimum atomic E-state index is -0.527. The Balaban J connectivity index is 2.57. The fraction of sp³-hybridized carbons (Fsp3) is 0.0769. The van der Waals surface area contributed by atoms with Gasteiger partial charge in [0, 0.05) is 16.8 Å². The van der Waals surface area contributed by atoms with Crippen molar-refractivity contribution in [1.29, 1.82) is 0 Å². The van der Waals surface area contributed by atoms with Crippen LogP contribution >= 0.6 is 46.4 Å². The summed E-state index contributed by atoms with van der Waals surface area (Å²) in [4.78, 5) is 15.5. The Morgan fingerprint density at radius 1 is 1.10 bits per heavy atom. The smallest absolute Gasteiger partial charge is 0.339 e. The van der Waals surface area contributed by atoms with E-state index in [2.05, 4.69) is 9.72 Å². The van der Waals surface area contributed by atoms with Crippen LogP contribution in [-0.2, 0) is 4.74 Å². The van der Waals surface area contributed by atoms with E-state index in [1.54, 1.807) is 6.07 Å². The predicted octanol–water partition coefficient (Wildman–Crippen LogP) is 5.15. The first kappa shape index (κ1) is 15.4. The summed E-state index contributed by atoms with van der Waals surface area (Å²) in [6, 6.07) is 4.56. The molecule has 1 aromatic carbocycles. The molecule has 0 aliphatic rings. The Hall–Kier alpha value is -1.000. The summed E-state index contributed by atoms with van der Waals surface area (Å²) in [7, 11) is 1.28. The monoisotopic (exact) mass is 349 g/mol. The van der Waals surface area contributed by atoms with E-state index in [0.717, 1.165) is 0 Å². The van der Waals surface area contributed by atoms with Gasteiger partial charge in [-0.05, 0) is 18.2 Å². The molecule has 0 unspecified atom stereocenters. The van der Waals surface area contributed by atoms with Gasteiger partial charge in [-0.25, -0.2) is 4.79 Å². The Morgan fingerprint density at radius 3 is 2.40 bits per heavy atom. The van der Waals surface area contributed by atoms with Crippen LogP contribution in [0.4, 0.5) is 0 Å². The molecular formula is C13H7Cl4NO2. The van der Waals surface area contributed by atoms with Crippen molar-refractivity contribution in [3.05, 3.63) is 50.0 Å². The van der Waals surface area contributed by atoms with E-state index in [1.807, 2.05) is 0 Å². The van der Waals surface area contributed by atoms with Crippen LogP contribution in [0.1, 0.15) is 10.4 Å². The van der Waals surface area contributed by atoms with Crippen LogP contribution in [0.3, 0.4) is 0 Å². The van der Waals surface area contributed by atoms with Crippen molar-refractivity contribution in [2.75, 3.05) is 7.11 Å². The van der Waals surface area contributed by atoms with Gasteiger partial charge in [0.25, 0.3) is 0 Å². The second-order valence-electron chi connectivity index (χ2n) is 3.80. The van der Waals surface area contributed by atoms with Crippen molar-refractivity contribution in [3.8, 4) is 11.3 Å². The zero-order valence-electron chi connectivity index (χ0n) is 10.1. The Labute approximate surface area is 135 Å². The van der Waals surface area contributed by atoms with Crippen LogP contribution < -0.4 is 0 Å². The number of rotatable bonds is 2. The SMILES string of the molecule is COC(=O)c1cnc(-c2cc(Cl)cc(Cl)c2Cl)c(Cl)c1. The quantitative estimate of drug-likeness (QED) is 0.555. The molecule has 0 aliphatic carbocycles. The summed E-state index contributed by atoms with van der Waals surface area (Å²) in [6.07, 6.45) is 1.35. The van der Waals surface area contributed by atoms with Crippen LogP contribution in [-0.4, -0.2) is 18.1 Å². The van der Waals surface area contributed by atoms with Crippen molar-refractivity contribution in [3.63, 3.8) is 0 Å². The molecule has 0 saturated carbocycles. The molecule has 0 amide bonds. The molecule has 0 aliphatic heterocycles. The molecule has 0 saturated heterocycles. The van der Waals surface area contributed by atoms with E-state index >= 15 is 0 Å². The van der Waals surface area contributed by atoms with Gasteiger partial charge in [-0.1, -0.05) is 46.4 Å². The van der Waals surface area contributed by atoms with Crippen molar-refractivity contribution >= 4 is 52.4 Å². The molecule has 0 fully saturated rings. The molecule has 0 N–H and O–H groups in total. The van der Waals surface area contributed by atoms with Gasteiger partial charge in [0.2, 0.25) is 0 Å². The highest BCUT2D eigenvalue weighted by Gasteiger charge is 2.16. The van der Waals surface area contributed by atoms with Gasteiger partial charge in [-0.15, -0.1) is 0 Å². The molecule has 3 nitrogen and oxygen atoms in total. The van der Waals surface area contributed by atoms with Crippen LogP contribution in [0.2, 0.25) is 20.1 Å². The number of nitrogens with zero attached hydrogens (tertiary/aromatic N) is 1. The van der Waals surface area contributed by atoms with Crippen molar-refractivity contribution in [2.24, 2.45) is 0 Å². The number of methoxy groups -OCH3 is 1. The van der Waals surface area contributed by atoms with Crippen LogP contribution in [0, 0.1) is 0 Å². The number of carbonyl (C=O) groups excluding carboxylic acids is 1. The Bertz CT molecular complexity index is 688. The fourth-order valence-electron chi connectivity index (χ4n) is 1.59. The highest BCUT2D eigenvalue weighted by Crippen LogP contribution is 2.38. The summed E-state index contributed by atoms with van der Waals surface area (Å²) >= 11 is 24.2. The van der Waals surface area contributed by atoms with Crippen molar-refractivity contribution in [2.45, 2.75) is 0 Å². The van der Waals surface area contributed by atoms with Gasteiger partial charge in [-0.2, -0.15) is 0 Å². The normalized spacial score (nSPS) is 10.4. The molecule has 2 rings (SSSR count). The fourth-order valence-corrected chi connectivity index (χ4v) is 2.55. The lowest BCUT2D eigenvalue weighted by atomic mass is 10.1. The number of esters is 1. The number of pyridine rings is 1. The lowest BCUT2D eigenvalue weighted by molar-refractivity contribution is 0.0600. The highest BCUT2D eigenvalue weighted by molar-refractivity contribution is 6.45. The highest BCUT2D eigenvalue weighted by atomic mass is 35.5.